The van der Waals surface area contributed by atoms with E-state index in [0.717, 1.165) is 25.7 Å². The van der Waals surface area contributed by atoms with Crippen LogP contribution in [0, 0.1) is 5.41 Å². The van der Waals surface area contributed by atoms with Crippen molar-refractivity contribution in [2.45, 2.75) is 44.6 Å². The number of nitrogens with zero attached hydrogens (tertiary/aromatic N) is 1. The van der Waals surface area contributed by atoms with Crippen LogP contribution in [0.5, 0.6) is 0 Å². The lowest BCUT2D eigenvalue weighted by Gasteiger charge is -2.40. The van der Waals surface area contributed by atoms with E-state index >= 15 is 0 Å². The Morgan fingerprint density at radius 2 is 2.00 bits per heavy atom. The third kappa shape index (κ3) is 3.00. The second-order valence-electron chi connectivity index (χ2n) is 5.78. The van der Waals surface area contributed by atoms with E-state index in [1.54, 1.807) is 0 Å². The van der Waals surface area contributed by atoms with Gasteiger partial charge < -0.3 is 15.4 Å². The molecule has 1 heterocycles. The van der Waals surface area contributed by atoms with Crippen LogP contribution in [0.15, 0.2) is 12.7 Å². The Hall–Kier alpha value is -0.870. The lowest BCUT2D eigenvalue weighted by molar-refractivity contribution is -0.149. The number of ether oxygens (including phenoxy) is 1. The van der Waals surface area contributed by atoms with E-state index in [9.17, 15) is 4.79 Å². The summed E-state index contributed by atoms with van der Waals surface area (Å²) in [4.78, 5) is 15.0. The summed E-state index contributed by atoms with van der Waals surface area (Å²) in [7, 11) is 0. The van der Waals surface area contributed by atoms with Crippen molar-refractivity contribution in [3.05, 3.63) is 12.7 Å². The summed E-state index contributed by atoms with van der Waals surface area (Å²) < 4.78 is 5.40. The smallest absolute Gasteiger partial charge is 0.230 e. The zero-order chi connectivity index (χ0) is 13.7. The molecule has 1 saturated heterocycles. The van der Waals surface area contributed by atoms with Crippen molar-refractivity contribution in [2.24, 2.45) is 11.1 Å². The van der Waals surface area contributed by atoms with E-state index in [1.165, 1.54) is 12.8 Å². The third-order valence-corrected chi connectivity index (χ3v) is 4.65. The van der Waals surface area contributed by atoms with E-state index in [1.807, 2.05) is 11.0 Å². The molecule has 1 aliphatic heterocycles. The Kier molecular flexibility index (Phi) is 4.99. The average Bonchev–Trinajstić information content (AvgIpc) is 2.98. The molecule has 2 aliphatic rings. The minimum absolute atomic E-state index is 0.227. The van der Waals surface area contributed by atoms with Gasteiger partial charge >= 0.3 is 0 Å². The molecular formula is C15H26N2O2. The molecule has 2 rings (SSSR count). The predicted octanol–water partition coefficient (Wildman–Crippen LogP) is 1.70. The zero-order valence-corrected chi connectivity index (χ0v) is 11.8. The van der Waals surface area contributed by atoms with Gasteiger partial charge in [-0.2, -0.15) is 0 Å². The van der Waals surface area contributed by atoms with Gasteiger partial charge in [-0.3, -0.25) is 4.79 Å². The molecule has 0 radical (unpaired) electrons. The Labute approximate surface area is 116 Å². The van der Waals surface area contributed by atoms with Gasteiger partial charge in [-0.25, -0.2) is 0 Å². The van der Waals surface area contributed by atoms with Gasteiger partial charge in [0.2, 0.25) is 5.91 Å². The first kappa shape index (κ1) is 14.5. The van der Waals surface area contributed by atoms with Crippen molar-refractivity contribution in [2.75, 3.05) is 26.3 Å². The van der Waals surface area contributed by atoms with Crippen molar-refractivity contribution < 1.29 is 9.53 Å². The van der Waals surface area contributed by atoms with Gasteiger partial charge in [0.05, 0.1) is 5.41 Å². The number of hydrogen-bond acceptors (Lipinski definition) is 3. The fraction of sp³-hybridized carbons (Fsp3) is 0.800. The lowest BCUT2D eigenvalue weighted by Crippen LogP contribution is -2.53. The Morgan fingerprint density at radius 3 is 2.53 bits per heavy atom. The van der Waals surface area contributed by atoms with Crippen molar-refractivity contribution in [1.29, 1.82) is 0 Å². The minimum atomic E-state index is -0.399. The van der Waals surface area contributed by atoms with Crippen molar-refractivity contribution >= 4 is 5.91 Å². The molecule has 1 aliphatic carbocycles. The molecule has 1 saturated carbocycles. The highest BCUT2D eigenvalue weighted by atomic mass is 16.5. The van der Waals surface area contributed by atoms with Crippen LogP contribution >= 0.6 is 0 Å². The van der Waals surface area contributed by atoms with Crippen LogP contribution in [0.25, 0.3) is 0 Å². The fourth-order valence-electron chi connectivity index (χ4n) is 3.32. The molecule has 19 heavy (non-hydrogen) atoms. The second kappa shape index (κ2) is 6.53. The minimum Gasteiger partial charge on any atom is -0.381 e. The maximum atomic E-state index is 13.0. The van der Waals surface area contributed by atoms with Gasteiger partial charge in [-0.05, 0) is 25.7 Å². The molecule has 0 spiro atoms. The van der Waals surface area contributed by atoms with Gasteiger partial charge in [0.1, 0.15) is 0 Å². The normalized spacial score (nSPS) is 23.2. The molecule has 0 aromatic rings. The monoisotopic (exact) mass is 266 g/mol. The summed E-state index contributed by atoms with van der Waals surface area (Å²) in [5.41, 5.74) is 5.54. The van der Waals surface area contributed by atoms with Gasteiger partial charge in [0.25, 0.3) is 0 Å². The molecule has 2 N–H and O–H groups in total. The fourth-order valence-corrected chi connectivity index (χ4v) is 3.32. The van der Waals surface area contributed by atoms with Gasteiger partial charge in [0.15, 0.2) is 0 Å². The topological polar surface area (TPSA) is 55.6 Å². The number of rotatable bonds is 5. The van der Waals surface area contributed by atoms with Crippen LogP contribution in [0.2, 0.25) is 0 Å². The highest BCUT2D eigenvalue weighted by Gasteiger charge is 2.43. The van der Waals surface area contributed by atoms with Crippen LogP contribution in [0.1, 0.15) is 38.5 Å². The Bertz CT molecular complexity index is 318. The number of carbonyl (C=O) groups is 1. The molecule has 0 atom stereocenters. The van der Waals surface area contributed by atoms with Crippen LogP contribution < -0.4 is 5.73 Å². The molecule has 0 aromatic heterocycles. The van der Waals surface area contributed by atoms with Gasteiger partial charge in [-0.1, -0.05) is 18.9 Å². The van der Waals surface area contributed by atoms with E-state index in [4.69, 9.17) is 10.5 Å². The number of amides is 1. The van der Waals surface area contributed by atoms with Crippen LogP contribution in [-0.4, -0.2) is 43.2 Å². The van der Waals surface area contributed by atoms with E-state index < -0.39 is 5.41 Å². The highest BCUT2D eigenvalue weighted by molar-refractivity contribution is 5.83. The van der Waals surface area contributed by atoms with Crippen molar-refractivity contribution in [1.82, 2.24) is 4.90 Å². The molecule has 0 bridgehead atoms. The molecule has 108 valence electrons. The Morgan fingerprint density at radius 1 is 1.37 bits per heavy atom. The molecule has 2 fully saturated rings. The third-order valence-electron chi connectivity index (χ3n) is 4.65. The second-order valence-corrected chi connectivity index (χ2v) is 5.78. The molecule has 0 aromatic carbocycles. The number of hydrogen-bond donors (Lipinski definition) is 1. The average molecular weight is 266 g/mol. The SMILES string of the molecule is C=CCN(C(=O)C1(CN)CCOCC1)C1CCCC1. The maximum absolute atomic E-state index is 13.0. The maximum Gasteiger partial charge on any atom is 0.230 e. The molecule has 4 heteroatoms. The van der Waals surface area contributed by atoms with Crippen LogP contribution in [0.4, 0.5) is 0 Å². The first-order valence-corrected chi connectivity index (χ1v) is 7.43. The summed E-state index contributed by atoms with van der Waals surface area (Å²) in [5.74, 6) is 0.227. The standard InChI is InChI=1S/C15H26N2O2/c1-2-9-17(13-5-3-4-6-13)14(18)15(12-16)7-10-19-11-8-15/h2,13H,1,3-12,16H2. The first-order chi connectivity index (χ1) is 9.23. The van der Waals surface area contributed by atoms with Crippen LogP contribution in [-0.2, 0) is 9.53 Å². The quantitative estimate of drug-likeness (QED) is 0.771. The predicted molar refractivity (Wildman–Crippen MR) is 75.7 cm³/mol. The van der Waals surface area contributed by atoms with Gasteiger partial charge in [0, 0.05) is 32.3 Å². The summed E-state index contributed by atoms with van der Waals surface area (Å²) >= 11 is 0. The van der Waals surface area contributed by atoms with Crippen molar-refractivity contribution in [3.63, 3.8) is 0 Å². The zero-order valence-electron chi connectivity index (χ0n) is 11.8. The summed E-state index contributed by atoms with van der Waals surface area (Å²) in [5, 5.41) is 0. The lowest BCUT2D eigenvalue weighted by atomic mass is 9.78. The summed E-state index contributed by atoms with van der Waals surface area (Å²) in [6.45, 7) is 6.17. The molecular weight excluding hydrogens is 240 g/mol. The molecule has 0 unspecified atom stereocenters. The highest BCUT2D eigenvalue weighted by Crippen LogP contribution is 2.34. The number of nitrogens with two attached hydrogens (primary N) is 1. The molecule has 1 amide bonds. The summed E-state index contributed by atoms with van der Waals surface area (Å²) in [6, 6.07) is 0.386. The van der Waals surface area contributed by atoms with Crippen molar-refractivity contribution in [3.8, 4) is 0 Å². The molecule has 4 nitrogen and oxygen atoms in total. The van der Waals surface area contributed by atoms with E-state index in [-0.39, 0.29) is 5.91 Å². The van der Waals surface area contributed by atoms with E-state index in [0.29, 0.717) is 32.3 Å². The van der Waals surface area contributed by atoms with E-state index in [2.05, 4.69) is 6.58 Å². The number of carbonyl (C=O) groups excluding carboxylic acids is 1. The first-order valence-electron chi connectivity index (χ1n) is 7.43. The summed E-state index contributed by atoms with van der Waals surface area (Å²) in [6.07, 6.45) is 8.03. The largest absolute Gasteiger partial charge is 0.381 e. The van der Waals surface area contributed by atoms with Gasteiger partial charge in [-0.15, -0.1) is 6.58 Å². The van der Waals surface area contributed by atoms with Crippen LogP contribution in [0.3, 0.4) is 0 Å². The Balaban J connectivity index is 2.14.